The second kappa shape index (κ2) is 6.16. The molecule has 6 nitrogen and oxygen atoms in total. The minimum Gasteiger partial charge on any atom is -0.369 e. The summed E-state index contributed by atoms with van der Waals surface area (Å²) in [7, 11) is 1.39. The Morgan fingerprint density at radius 3 is 2.68 bits per heavy atom. The monoisotopic (exact) mass is 431 g/mol. The van der Waals surface area contributed by atoms with Crippen molar-refractivity contribution in [2.45, 2.75) is 25.6 Å². The maximum Gasteiger partial charge on any atom is 0.417 e. The summed E-state index contributed by atoms with van der Waals surface area (Å²) < 4.78 is 44.0. The van der Waals surface area contributed by atoms with Gasteiger partial charge < -0.3 is 9.84 Å². The quantitative estimate of drug-likeness (QED) is 0.747. The number of halogens is 4. The summed E-state index contributed by atoms with van der Waals surface area (Å²) in [5, 5.41) is 10.2. The summed E-state index contributed by atoms with van der Waals surface area (Å²) in [5.41, 5.74) is -0.916. The molecule has 122 valence electrons. The fourth-order valence-electron chi connectivity index (χ4n) is 2.10. The molecule has 1 fully saturated rings. The number of urea groups is 1. The highest BCUT2D eigenvalue weighted by atomic mass is 127. The highest BCUT2D eigenvalue weighted by Gasteiger charge is 2.46. The number of aliphatic hydroxyl groups is 1. The third-order valence-electron chi connectivity index (χ3n) is 3.14. The van der Waals surface area contributed by atoms with Crippen molar-refractivity contribution in [3.63, 3.8) is 0 Å². The first-order valence-corrected chi connectivity index (χ1v) is 7.34. The first-order chi connectivity index (χ1) is 10.2. The van der Waals surface area contributed by atoms with Crippen LogP contribution in [-0.2, 0) is 10.9 Å². The number of alkyl halides is 3. The molecule has 0 saturated carbocycles. The smallest absolute Gasteiger partial charge is 0.369 e. The van der Waals surface area contributed by atoms with Gasteiger partial charge in [0.25, 0.3) is 0 Å². The molecule has 2 amide bonds. The largest absolute Gasteiger partial charge is 0.417 e. The van der Waals surface area contributed by atoms with E-state index in [2.05, 4.69) is 4.98 Å². The van der Waals surface area contributed by atoms with E-state index in [1.165, 1.54) is 29.6 Å². The second-order valence-corrected chi connectivity index (χ2v) is 5.71. The van der Waals surface area contributed by atoms with Crippen molar-refractivity contribution in [1.82, 2.24) is 9.88 Å². The van der Waals surface area contributed by atoms with E-state index < -0.39 is 30.2 Å². The fourth-order valence-corrected chi connectivity index (χ4v) is 2.70. The van der Waals surface area contributed by atoms with Crippen molar-refractivity contribution in [2.75, 3.05) is 18.6 Å². The first kappa shape index (κ1) is 17.2. The lowest BCUT2D eigenvalue weighted by Crippen LogP contribution is -2.38. The minimum atomic E-state index is -4.58. The van der Waals surface area contributed by atoms with E-state index in [4.69, 9.17) is 4.74 Å². The van der Waals surface area contributed by atoms with Crippen molar-refractivity contribution in [3.8, 4) is 0 Å². The van der Waals surface area contributed by atoms with Gasteiger partial charge in [0.2, 0.25) is 0 Å². The van der Waals surface area contributed by atoms with Crippen molar-refractivity contribution in [3.05, 3.63) is 21.4 Å². The third kappa shape index (κ3) is 2.99. The zero-order valence-corrected chi connectivity index (χ0v) is 13.8. The normalized spacial score (nSPS) is 22.6. The molecule has 2 unspecified atom stereocenters. The van der Waals surface area contributed by atoms with E-state index in [0.717, 1.165) is 22.1 Å². The Balaban J connectivity index is 2.42. The summed E-state index contributed by atoms with van der Waals surface area (Å²) >= 11 is 1.51. The van der Waals surface area contributed by atoms with Gasteiger partial charge in [0.1, 0.15) is 5.82 Å². The molecular formula is C12H13F3IN3O3. The number of likely N-dealkylation sites (N-methyl/N-ethyl adjacent to an activating group) is 1. The Bertz CT molecular complexity index is 584. The molecule has 1 N–H and O–H groups in total. The van der Waals surface area contributed by atoms with E-state index in [0.29, 0.717) is 0 Å². The molecule has 2 rings (SSSR count). The van der Waals surface area contributed by atoms with Crippen molar-refractivity contribution >= 4 is 34.4 Å². The topological polar surface area (TPSA) is 65.9 Å². The number of pyridine rings is 1. The molecule has 1 aliphatic rings. The zero-order valence-electron chi connectivity index (χ0n) is 11.6. The number of hydrogen-bond acceptors (Lipinski definition) is 4. The van der Waals surface area contributed by atoms with Gasteiger partial charge >= 0.3 is 12.2 Å². The highest BCUT2D eigenvalue weighted by molar-refractivity contribution is 14.1. The van der Waals surface area contributed by atoms with Gasteiger partial charge in [-0.2, -0.15) is 13.2 Å². The number of carbonyl (C=O) groups excluding carboxylic acids is 1. The molecular weight excluding hydrogens is 418 g/mol. The lowest BCUT2D eigenvalue weighted by molar-refractivity contribution is -0.138. The van der Waals surface area contributed by atoms with Crippen molar-refractivity contribution < 1.29 is 27.8 Å². The average molecular weight is 431 g/mol. The van der Waals surface area contributed by atoms with Crippen LogP contribution in [0.4, 0.5) is 23.8 Å². The number of ether oxygens (including phenoxy) is 1. The van der Waals surface area contributed by atoms with E-state index in [1.807, 2.05) is 0 Å². The van der Waals surface area contributed by atoms with E-state index in [-0.39, 0.29) is 16.0 Å². The molecule has 1 aliphatic heterocycles. The summed E-state index contributed by atoms with van der Waals surface area (Å²) in [5.74, 6) is -0.278. The van der Waals surface area contributed by atoms with Gasteiger partial charge in [0, 0.05) is 23.4 Å². The Hall–Kier alpha value is -1.14. The molecule has 0 aromatic carbocycles. The number of amides is 2. The second-order valence-electron chi connectivity index (χ2n) is 4.54. The summed E-state index contributed by atoms with van der Waals surface area (Å²) in [6.45, 7) is 1.92. The number of aromatic nitrogens is 1. The molecule has 2 atom stereocenters. The molecule has 0 spiro atoms. The Morgan fingerprint density at radius 1 is 1.50 bits per heavy atom. The zero-order chi connectivity index (χ0) is 16.7. The van der Waals surface area contributed by atoms with Gasteiger partial charge in [-0.15, -0.1) is 0 Å². The van der Waals surface area contributed by atoms with Crippen LogP contribution in [0.15, 0.2) is 12.3 Å². The molecule has 1 aromatic rings. The van der Waals surface area contributed by atoms with E-state index in [9.17, 15) is 23.1 Å². The van der Waals surface area contributed by atoms with Gasteiger partial charge in [-0.05, 0) is 35.6 Å². The number of carbonyl (C=O) groups is 1. The predicted octanol–water partition coefficient (Wildman–Crippen LogP) is 2.26. The van der Waals surface area contributed by atoms with Crippen LogP contribution in [0.5, 0.6) is 0 Å². The lowest BCUT2D eigenvalue weighted by Gasteiger charge is -2.21. The Labute approximate surface area is 138 Å². The van der Waals surface area contributed by atoms with Gasteiger partial charge in [0.05, 0.1) is 5.56 Å². The number of aliphatic hydroxyl groups excluding tert-OH is 1. The van der Waals surface area contributed by atoms with Gasteiger partial charge in [-0.25, -0.2) is 14.7 Å². The first-order valence-electron chi connectivity index (χ1n) is 6.27. The van der Waals surface area contributed by atoms with Crippen LogP contribution >= 0.6 is 22.6 Å². The predicted molar refractivity (Wildman–Crippen MR) is 79.0 cm³/mol. The molecule has 1 saturated heterocycles. The van der Waals surface area contributed by atoms with Crippen LogP contribution in [0.2, 0.25) is 0 Å². The molecule has 2 heterocycles. The minimum absolute atomic E-state index is 0.0929. The SMILES string of the molecule is CCOC1C(O)N(c2cc(C(F)(F)F)c(I)cn2)C(=O)N1C. The Kier molecular flexibility index (Phi) is 4.82. The van der Waals surface area contributed by atoms with Crippen LogP contribution in [0.25, 0.3) is 0 Å². The number of rotatable bonds is 3. The standard InChI is InChI=1S/C12H13F3IN3O3/c1-3-22-10-9(20)19(11(21)18(10)2)8-4-6(12(13,14)15)7(16)5-17-8/h4-5,9-10,20H,3H2,1-2H3. The molecule has 1 aromatic heterocycles. The molecule has 0 aliphatic carbocycles. The van der Waals surface area contributed by atoms with Crippen LogP contribution < -0.4 is 4.90 Å². The number of nitrogens with zero attached hydrogens (tertiary/aromatic N) is 3. The number of anilines is 1. The molecule has 10 heteroatoms. The van der Waals surface area contributed by atoms with Crippen molar-refractivity contribution in [2.24, 2.45) is 0 Å². The maximum atomic E-state index is 13.0. The summed E-state index contributed by atoms with van der Waals surface area (Å²) in [4.78, 5) is 17.9. The van der Waals surface area contributed by atoms with E-state index in [1.54, 1.807) is 6.92 Å². The van der Waals surface area contributed by atoms with Gasteiger partial charge in [-0.3, -0.25) is 4.90 Å². The van der Waals surface area contributed by atoms with Gasteiger partial charge in [0.15, 0.2) is 12.5 Å². The van der Waals surface area contributed by atoms with Crippen molar-refractivity contribution in [1.29, 1.82) is 0 Å². The summed E-state index contributed by atoms with van der Waals surface area (Å²) in [6.07, 6.45) is -5.97. The molecule has 0 bridgehead atoms. The van der Waals surface area contributed by atoms with Crippen LogP contribution in [0, 0.1) is 3.57 Å². The third-order valence-corrected chi connectivity index (χ3v) is 4.00. The average Bonchev–Trinajstić information content (AvgIpc) is 2.63. The van der Waals surface area contributed by atoms with Crippen LogP contribution in [0.3, 0.4) is 0 Å². The highest BCUT2D eigenvalue weighted by Crippen LogP contribution is 2.36. The van der Waals surface area contributed by atoms with E-state index >= 15 is 0 Å². The van der Waals surface area contributed by atoms with Gasteiger partial charge in [-0.1, -0.05) is 0 Å². The Morgan fingerprint density at radius 2 is 2.14 bits per heavy atom. The number of hydrogen-bond donors (Lipinski definition) is 1. The molecule has 0 radical (unpaired) electrons. The lowest BCUT2D eigenvalue weighted by atomic mass is 10.2. The van der Waals surface area contributed by atoms with Crippen LogP contribution in [-0.4, -0.2) is 47.1 Å². The van der Waals surface area contributed by atoms with Crippen LogP contribution in [0.1, 0.15) is 12.5 Å². The maximum absolute atomic E-state index is 13.0. The summed E-state index contributed by atoms with van der Waals surface area (Å²) in [6, 6.07) is 0.0539. The molecule has 22 heavy (non-hydrogen) atoms. The fraction of sp³-hybridized carbons (Fsp3) is 0.500.